The van der Waals surface area contributed by atoms with Crippen LogP contribution in [-0.2, 0) is 30.3 Å². The zero-order chi connectivity index (χ0) is 31.2. The number of rotatable bonds is 15. The van der Waals surface area contributed by atoms with Gasteiger partial charge in [0.25, 0.3) is 0 Å². The van der Waals surface area contributed by atoms with Gasteiger partial charge >= 0.3 is 24.1 Å². The fourth-order valence-corrected chi connectivity index (χ4v) is 3.59. The van der Waals surface area contributed by atoms with Gasteiger partial charge < -0.3 is 29.4 Å². The summed E-state index contributed by atoms with van der Waals surface area (Å²) in [5.74, 6) is -0.839. The molecule has 0 fully saturated rings. The molecule has 0 spiro atoms. The van der Waals surface area contributed by atoms with E-state index in [1.54, 1.807) is 50.2 Å². The highest BCUT2D eigenvalue weighted by Crippen LogP contribution is 2.31. The van der Waals surface area contributed by atoms with E-state index in [9.17, 15) is 19.2 Å². The number of hydrogen-bond donors (Lipinski definition) is 1. The average Bonchev–Trinajstić information content (AvgIpc) is 2.94. The molecule has 0 bridgehead atoms. The molecule has 5 atom stereocenters. The maximum Gasteiger partial charge on any atom is 0.514 e. The molecule has 10 nitrogen and oxygen atoms in total. The first-order chi connectivity index (χ1) is 19.9. The average molecular weight is 586 g/mol. The third kappa shape index (κ3) is 11.9. The Balaban J connectivity index is 2.04. The van der Waals surface area contributed by atoms with Crippen LogP contribution in [0.25, 0.3) is 0 Å². The van der Waals surface area contributed by atoms with E-state index in [0.29, 0.717) is 11.3 Å². The third-order valence-corrected chi connectivity index (χ3v) is 6.83. The predicted molar refractivity (Wildman–Crippen MR) is 156 cm³/mol. The second kappa shape index (κ2) is 17.1. The van der Waals surface area contributed by atoms with Crippen LogP contribution in [0.3, 0.4) is 0 Å². The normalized spacial score (nSPS) is 14.5. The summed E-state index contributed by atoms with van der Waals surface area (Å²) in [6.45, 7) is 11.0. The second-order valence-corrected chi connectivity index (χ2v) is 10.6. The molecule has 2 rings (SSSR count). The highest BCUT2D eigenvalue weighted by Gasteiger charge is 2.26. The number of esters is 3. The number of nitrogens with two attached hydrogens (primary N) is 1. The topological polar surface area (TPSA) is 140 Å². The van der Waals surface area contributed by atoms with E-state index >= 15 is 0 Å². The van der Waals surface area contributed by atoms with E-state index < -0.39 is 42.3 Å². The number of ether oxygens (including phenoxy) is 5. The van der Waals surface area contributed by atoms with Gasteiger partial charge in [0, 0.05) is 12.8 Å². The van der Waals surface area contributed by atoms with Crippen molar-refractivity contribution in [1.29, 1.82) is 0 Å². The van der Waals surface area contributed by atoms with Gasteiger partial charge in [0.2, 0.25) is 0 Å². The first kappa shape index (κ1) is 34.3. The van der Waals surface area contributed by atoms with Crippen molar-refractivity contribution in [1.82, 2.24) is 0 Å². The Kier molecular flexibility index (Phi) is 14.0. The van der Waals surface area contributed by atoms with Crippen LogP contribution in [0, 0.1) is 11.8 Å². The van der Waals surface area contributed by atoms with Gasteiger partial charge in [-0.1, -0.05) is 64.8 Å². The lowest BCUT2D eigenvalue weighted by molar-refractivity contribution is -0.155. The SMILES string of the molecule is CCC(C)CC(=O)Oc1ccc(C[C@H](N)C(=O)O[C@@H](C)[C@H](C)OC(=O)Oc2ccccc2)cc1OC(=O)CC(C)CC. The molecule has 2 aromatic carbocycles. The van der Waals surface area contributed by atoms with E-state index in [-0.39, 0.29) is 42.6 Å². The summed E-state index contributed by atoms with van der Waals surface area (Å²) >= 11 is 0. The van der Waals surface area contributed by atoms with Crippen molar-refractivity contribution in [2.24, 2.45) is 17.6 Å². The monoisotopic (exact) mass is 585 g/mol. The second-order valence-electron chi connectivity index (χ2n) is 10.6. The molecule has 230 valence electrons. The van der Waals surface area contributed by atoms with Crippen LogP contribution in [-0.4, -0.2) is 42.3 Å². The molecule has 0 aromatic heterocycles. The lowest BCUT2D eigenvalue weighted by Crippen LogP contribution is -2.39. The maximum atomic E-state index is 12.7. The Labute approximate surface area is 247 Å². The van der Waals surface area contributed by atoms with Crippen LogP contribution in [0.5, 0.6) is 17.2 Å². The predicted octanol–water partition coefficient (Wildman–Crippen LogP) is 5.78. The number of para-hydroxylation sites is 1. The van der Waals surface area contributed by atoms with Crippen molar-refractivity contribution < 1.29 is 42.9 Å². The van der Waals surface area contributed by atoms with Gasteiger partial charge in [-0.2, -0.15) is 0 Å². The van der Waals surface area contributed by atoms with Gasteiger partial charge in [-0.15, -0.1) is 0 Å². The van der Waals surface area contributed by atoms with Gasteiger partial charge in [0.15, 0.2) is 11.5 Å². The summed E-state index contributed by atoms with van der Waals surface area (Å²) < 4.78 is 26.8. The Morgan fingerprint density at radius 3 is 1.83 bits per heavy atom. The standard InChI is InChI=1S/C32H43NO9/c1-7-20(3)16-29(34)41-27-15-14-24(19-28(27)42-30(35)17-21(4)8-2)18-26(33)31(36)38-22(5)23(6)39-32(37)40-25-12-10-9-11-13-25/h9-15,19-23,26H,7-8,16-18,33H2,1-6H3/t20?,21?,22-,23-,26-/m0/s1. The van der Waals surface area contributed by atoms with Crippen LogP contribution in [0.15, 0.2) is 48.5 Å². The fourth-order valence-electron chi connectivity index (χ4n) is 3.59. The molecule has 42 heavy (non-hydrogen) atoms. The molecule has 10 heteroatoms. The van der Waals surface area contributed by atoms with Gasteiger partial charge in [-0.05, 0) is 61.9 Å². The molecule has 2 aromatic rings. The fraction of sp³-hybridized carbons (Fsp3) is 0.500. The van der Waals surface area contributed by atoms with Crippen molar-refractivity contribution in [3.05, 3.63) is 54.1 Å². The molecule has 0 amide bonds. The van der Waals surface area contributed by atoms with Crippen LogP contribution in [0.2, 0.25) is 0 Å². The van der Waals surface area contributed by atoms with Gasteiger partial charge in [0.1, 0.15) is 24.0 Å². The quantitative estimate of drug-likeness (QED) is 0.155. The lowest BCUT2D eigenvalue weighted by Gasteiger charge is -2.22. The zero-order valence-electron chi connectivity index (χ0n) is 25.3. The number of carbonyl (C=O) groups is 4. The summed E-state index contributed by atoms with van der Waals surface area (Å²) in [5.41, 5.74) is 6.69. The van der Waals surface area contributed by atoms with Crippen molar-refractivity contribution in [3.8, 4) is 17.2 Å². The molecule has 2 N–H and O–H groups in total. The summed E-state index contributed by atoms with van der Waals surface area (Å²) in [4.78, 5) is 49.8. The minimum atomic E-state index is -1.07. The molecule has 0 radical (unpaired) electrons. The molecular formula is C32H43NO9. The highest BCUT2D eigenvalue weighted by atomic mass is 16.7. The largest absolute Gasteiger partial charge is 0.514 e. The molecule has 0 heterocycles. The molecular weight excluding hydrogens is 542 g/mol. The van der Waals surface area contributed by atoms with E-state index in [1.807, 2.05) is 27.7 Å². The van der Waals surface area contributed by atoms with Gasteiger partial charge in [0.05, 0.1) is 0 Å². The van der Waals surface area contributed by atoms with E-state index in [1.165, 1.54) is 12.1 Å². The lowest BCUT2D eigenvalue weighted by atomic mass is 10.0. The molecule has 0 aliphatic carbocycles. The smallest absolute Gasteiger partial charge is 0.458 e. The van der Waals surface area contributed by atoms with Crippen molar-refractivity contribution >= 4 is 24.1 Å². The Hall–Kier alpha value is -3.92. The number of carbonyl (C=O) groups excluding carboxylic acids is 4. The van der Waals surface area contributed by atoms with E-state index in [0.717, 1.165) is 12.8 Å². The zero-order valence-corrected chi connectivity index (χ0v) is 25.3. The van der Waals surface area contributed by atoms with Crippen LogP contribution >= 0.6 is 0 Å². The molecule has 0 aliphatic rings. The molecule has 0 aliphatic heterocycles. The van der Waals surface area contributed by atoms with E-state index in [2.05, 4.69) is 0 Å². The minimum Gasteiger partial charge on any atom is -0.458 e. The first-order valence-corrected chi connectivity index (χ1v) is 14.4. The van der Waals surface area contributed by atoms with Gasteiger partial charge in [-0.25, -0.2) is 4.79 Å². The van der Waals surface area contributed by atoms with E-state index in [4.69, 9.17) is 29.4 Å². The van der Waals surface area contributed by atoms with Crippen molar-refractivity contribution in [2.75, 3.05) is 0 Å². The highest BCUT2D eigenvalue weighted by molar-refractivity contribution is 5.77. The summed E-state index contributed by atoms with van der Waals surface area (Å²) in [7, 11) is 0. The number of benzene rings is 2. The van der Waals surface area contributed by atoms with Gasteiger partial charge in [-0.3, -0.25) is 14.4 Å². The Morgan fingerprint density at radius 2 is 1.26 bits per heavy atom. The van der Waals surface area contributed by atoms with Crippen molar-refractivity contribution in [2.45, 2.75) is 91.9 Å². The first-order valence-electron chi connectivity index (χ1n) is 14.4. The summed E-state index contributed by atoms with van der Waals surface area (Å²) in [6.07, 6.45) is -0.452. The summed E-state index contributed by atoms with van der Waals surface area (Å²) in [6, 6.07) is 12.0. The van der Waals surface area contributed by atoms with Crippen molar-refractivity contribution in [3.63, 3.8) is 0 Å². The van der Waals surface area contributed by atoms with Crippen LogP contribution in [0.4, 0.5) is 4.79 Å². The third-order valence-electron chi connectivity index (χ3n) is 6.83. The summed E-state index contributed by atoms with van der Waals surface area (Å²) in [5, 5.41) is 0. The maximum absolute atomic E-state index is 12.7. The molecule has 2 unspecified atom stereocenters. The Bertz CT molecular complexity index is 1180. The van der Waals surface area contributed by atoms with Crippen LogP contribution < -0.4 is 19.9 Å². The Morgan fingerprint density at radius 1 is 0.714 bits per heavy atom. The minimum absolute atomic E-state index is 0.0495. The molecule has 0 saturated carbocycles. The molecule has 0 saturated heterocycles. The van der Waals surface area contributed by atoms with Crippen LogP contribution in [0.1, 0.15) is 72.8 Å². The number of hydrogen-bond acceptors (Lipinski definition) is 10.